The quantitative estimate of drug-likeness (QED) is 0.501. The fraction of sp³-hybridized carbons (Fsp3) is 0.375. The summed E-state index contributed by atoms with van der Waals surface area (Å²) in [6.45, 7) is 11.6. The average molecular weight is 422 g/mol. The van der Waals surface area contributed by atoms with Crippen LogP contribution in [0.15, 0.2) is 48.2 Å². The second kappa shape index (κ2) is 9.64. The van der Waals surface area contributed by atoms with Crippen molar-refractivity contribution in [3.63, 3.8) is 0 Å². The molecule has 3 aromatic rings. The summed E-state index contributed by atoms with van der Waals surface area (Å²) in [7, 11) is 0. The van der Waals surface area contributed by atoms with E-state index in [0.29, 0.717) is 17.0 Å². The molecule has 0 aliphatic heterocycles. The van der Waals surface area contributed by atoms with E-state index in [1.54, 1.807) is 18.3 Å². The van der Waals surface area contributed by atoms with Gasteiger partial charge in [-0.3, -0.25) is 4.79 Å². The molecule has 1 aromatic carbocycles. The third-order valence-corrected chi connectivity index (χ3v) is 5.65. The van der Waals surface area contributed by atoms with E-state index in [2.05, 4.69) is 27.2 Å². The maximum atomic E-state index is 13.3. The van der Waals surface area contributed by atoms with Gasteiger partial charge in [-0.1, -0.05) is 32.6 Å². The van der Waals surface area contributed by atoms with Crippen molar-refractivity contribution in [1.29, 1.82) is 0 Å². The van der Waals surface area contributed by atoms with Crippen molar-refractivity contribution in [2.45, 2.75) is 59.0 Å². The van der Waals surface area contributed by atoms with Gasteiger partial charge in [0, 0.05) is 17.3 Å². The minimum atomic E-state index is -0.166. The Balaban J connectivity index is 0.00000132. The molecule has 31 heavy (non-hydrogen) atoms. The van der Waals surface area contributed by atoms with Gasteiger partial charge in [0.15, 0.2) is 0 Å². The Morgan fingerprint density at radius 2 is 1.97 bits per heavy atom. The normalized spacial score (nSPS) is 14.2. The maximum absolute atomic E-state index is 13.3. The molecule has 0 saturated heterocycles. The van der Waals surface area contributed by atoms with Gasteiger partial charge in [0.25, 0.3) is 5.56 Å². The molecule has 1 atom stereocenters. The number of hydrogen-bond acceptors (Lipinski definition) is 6. The van der Waals surface area contributed by atoms with E-state index in [9.17, 15) is 9.90 Å². The minimum Gasteiger partial charge on any atom is -0.507 e. The molecule has 2 aromatic heterocycles. The maximum Gasteiger partial charge on any atom is 0.262 e. The van der Waals surface area contributed by atoms with Crippen LogP contribution in [0.4, 0.5) is 11.6 Å². The van der Waals surface area contributed by atoms with Crippen LogP contribution in [0.2, 0.25) is 0 Å². The van der Waals surface area contributed by atoms with Gasteiger partial charge in [-0.25, -0.2) is 9.97 Å². The monoisotopic (exact) mass is 421 g/mol. The zero-order valence-electron chi connectivity index (χ0n) is 18.6. The standard InChI is InChI=1S/C22H25N5O2.C2H6/c1-4-23-20-13(2)21(25-12-24-20)26-14(3)17-11-15-7-5-10-18(28)19(15)22(29)27(17)16-8-6-9-16;1-2/h4-5,7,10-12,14,16,28H,1,6,8-9H2,2-3H3,(H2,23,24,25,26);1-2H3/t14-;/m0./s1. The topological polar surface area (TPSA) is 92.1 Å². The number of anilines is 2. The number of nitrogens with zero attached hydrogens (tertiary/aromatic N) is 3. The van der Waals surface area contributed by atoms with E-state index in [-0.39, 0.29) is 23.4 Å². The van der Waals surface area contributed by atoms with Crippen molar-refractivity contribution in [3.05, 3.63) is 65.0 Å². The van der Waals surface area contributed by atoms with Crippen molar-refractivity contribution in [1.82, 2.24) is 14.5 Å². The zero-order valence-corrected chi connectivity index (χ0v) is 18.6. The summed E-state index contributed by atoms with van der Waals surface area (Å²) in [4.78, 5) is 21.9. The number of phenols is 1. The van der Waals surface area contributed by atoms with Crippen LogP contribution in [-0.2, 0) is 0 Å². The number of fused-ring (bicyclic) bond motifs is 1. The van der Waals surface area contributed by atoms with Crippen molar-refractivity contribution < 1.29 is 5.11 Å². The summed E-state index contributed by atoms with van der Waals surface area (Å²) >= 11 is 0. The lowest BCUT2D eigenvalue weighted by Gasteiger charge is -2.32. The minimum absolute atomic E-state index is 0.0273. The molecule has 164 valence electrons. The molecule has 7 heteroatoms. The molecular weight excluding hydrogens is 390 g/mol. The van der Waals surface area contributed by atoms with Gasteiger partial charge >= 0.3 is 0 Å². The molecular formula is C24H31N5O2. The molecule has 1 aliphatic rings. The number of hydrogen-bond donors (Lipinski definition) is 3. The van der Waals surface area contributed by atoms with Crippen molar-refractivity contribution in [2.75, 3.05) is 10.6 Å². The third-order valence-electron chi connectivity index (χ3n) is 5.65. The first kappa shape index (κ1) is 22.3. The van der Waals surface area contributed by atoms with Gasteiger partial charge in [-0.05, 0) is 56.8 Å². The molecule has 4 rings (SSSR count). The van der Waals surface area contributed by atoms with Crippen molar-refractivity contribution >= 4 is 22.4 Å². The van der Waals surface area contributed by atoms with Crippen LogP contribution in [-0.4, -0.2) is 19.6 Å². The van der Waals surface area contributed by atoms with E-state index in [0.717, 1.165) is 35.9 Å². The van der Waals surface area contributed by atoms with E-state index >= 15 is 0 Å². The Hall–Kier alpha value is -3.35. The summed E-state index contributed by atoms with van der Waals surface area (Å²) in [6.07, 6.45) is 6.12. The van der Waals surface area contributed by atoms with Crippen LogP contribution < -0.4 is 16.2 Å². The Morgan fingerprint density at radius 1 is 1.26 bits per heavy atom. The number of pyridine rings is 1. The Bertz CT molecular complexity index is 1130. The summed E-state index contributed by atoms with van der Waals surface area (Å²) < 4.78 is 1.85. The van der Waals surface area contributed by atoms with Crippen LogP contribution in [0.25, 0.3) is 10.8 Å². The predicted molar refractivity (Wildman–Crippen MR) is 127 cm³/mol. The molecule has 1 saturated carbocycles. The average Bonchev–Trinajstić information content (AvgIpc) is 2.73. The van der Waals surface area contributed by atoms with Gasteiger partial charge in [-0.2, -0.15) is 0 Å². The summed E-state index contributed by atoms with van der Waals surface area (Å²) in [5, 5.41) is 17.8. The zero-order chi connectivity index (χ0) is 22.5. The molecule has 2 heterocycles. The Morgan fingerprint density at radius 3 is 2.61 bits per heavy atom. The van der Waals surface area contributed by atoms with Crippen LogP contribution in [0.5, 0.6) is 5.75 Å². The molecule has 0 bridgehead atoms. The second-order valence-electron chi connectivity index (χ2n) is 7.48. The molecule has 0 spiro atoms. The third kappa shape index (κ3) is 4.26. The van der Waals surface area contributed by atoms with E-state index in [1.165, 1.54) is 6.33 Å². The highest BCUT2D eigenvalue weighted by atomic mass is 16.3. The highest BCUT2D eigenvalue weighted by Crippen LogP contribution is 2.35. The van der Waals surface area contributed by atoms with Crippen LogP contribution >= 0.6 is 0 Å². The van der Waals surface area contributed by atoms with Gasteiger partial charge in [0.05, 0.1) is 11.4 Å². The molecule has 0 radical (unpaired) electrons. The van der Waals surface area contributed by atoms with E-state index in [4.69, 9.17) is 0 Å². The SMILES string of the molecule is C=CNc1ncnc(N[C@@H](C)c2cc3cccc(O)c3c(=O)n2C2CCC2)c1C.CC. The van der Waals surface area contributed by atoms with Crippen molar-refractivity contribution in [2.24, 2.45) is 0 Å². The molecule has 7 nitrogen and oxygen atoms in total. The van der Waals surface area contributed by atoms with Crippen LogP contribution in [0.1, 0.15) is 63.4 Å². The van der Waals surface area contributed by atoms with E-state index in [1.807, 2.05) is 44.4 Å². The smallest absolute Gasteiger partial charge is 0.262 e. The van der Waals surface area contributed by atoms with Crippen molar-refractivity contribution in [3.8, 4) is 5.75 Å². The predicted octanol–water partition coefficient (Wildman–Crippen LogP) is 5.29. The number of rotatable bonds is 6. The molecule has 1 fully saturated rings. The summed E-state index contributed by atoms with van der Waals surface area (Å²) in [5.74, 6) is 1.41. The summed E-state index contributed by atoms with van der Waals surface area (Å²) in [6, 6.07) is 7.17. The Kier molecular flexibility index (Phi) is 6.95. The molecule has 3 N–H and O–H groups in total. The fourth-order valence-corrected chi connectivity index (χ4v) is 3.85. The van der Waals surface area contributed by atoms with Crippen LogP contribution in [0.3, 0.4) is 0 Å². The number of aromatic nitrogens is 3. The highest BCUT2D eigenvalue weighted by Gasteiger charge is 2.27. The fourth-order valence-electron chi connectivity index (χ4n) is 3.85. The molecule has 0 unspecified atom stereocenters. The lowest BCUT2D eigenvalue weighted by molar-refractivity contribution is 0.298. The highest BCUT2D eigenvalue weighted by molar-refractivity contribution is 5.87. The lowest BCUT2D eigenvalue weighted by Crippen LogP contribution is -2.33. The van der Waals surface area contributed by atoms with Gasteiger partial charge in [-0.15, -0.1) is 0 Å². The molecule has 0 amide bonds. The second-order valence-corrected chi connectivity index (χ2v) is 7.48. The van der Waals surface area contributed by atoms with Gasteiger partial charge < -0.3 is 20.3 Å². The number of phenolic OH excluding ortho intramolecular Hbond substituents is 1. The van der Waals surface area contributed by atoms with E-state index < -0.39 is 0 Å². The number of aromatic hydroxyl groups is 1. The molecule has 1 aliphatic carbocycles. The summed E-state index contributed by atoms with van der Waals surface area (Å²) in [5.41, 5.74) is 1.62. The van der Waals surface area contributed by atoms with Crippen LogP contribution in [0, 0.1) is 6.92 Å². The number of nitrogens with one attached hydrogen (secondary N) is 2. The lowest BCUT2D eigenvalue weighted by atomic mass is 9.91. The Labute approximate surface area is 182 Å². The largest absolute Gasteiger partial charge is 0.507 e. The van der Waals surface area contributed by atoms with Gasteiger partial charge in [0.2, 0.25) is 0 Å². The number of benzene rings is 1. The van der Waals surface area contributed by atoms with Gasteiger partial charge in [0.1, 0.15) is 23.7 Å². The first-order valence-electron chi connectivity index (χ1n) is 10.8. The first-order valence-corrected chi connectivity index (χ1v) is 10.8. The first-order chi connectivity index (χ1) is 15.0.